The van der Waals surface area contributed by atoms with Gasteiger partial charge in [0.05, 0.1) is 16.2 Å². The maximum Gasteiger partial charge on any atom is 0.293 e. The normalized spacial score (nSPS) is 18.4. The fourth-order valence-electron chi connectivity index (χ4n) is 4.21. The van der Waals surface area contributed by atoms with E-state index in [1.54, 1.807) is 18.2 Å². The zero-order chi connectivity index (χ0) is 24.0. The first kappa shape index (κ1) is 22.3. The molecule has 2 aromatic rings. The van der Waals surface area contributed by atoms with Crippen molar-refractivity contribution in [1.82, 2.24) is 9.21 Å². The Hall–Kier alpha value is -3.51. The van der Waals surface area contributed by atoms with Gasteiger partial charge in [-0.1, -0.05) is 0 Å². The lowest BCUT2D eigenvalue weighted by Crippen LogP contribution is -2.50. The van der Waals surface area contributed by atoms with E-state index in [1.807, 2.05) is 0 Å². The second-order valence-corrected chi connectivity index (χ2v) is 10.6. The number of piperazine rings is 1. The van der Waals surface area contributed by atoms with Gasteiger partial charge in [-0.15, -0.1) is 0 Å². The van der Waals surface area contributed by atoms with Gasteiger partial charge in [-0.3, -0.25) is 19.7 Å². The summed E-state index contributed by atoms with van der Waals surface area (Å²) in [6.45, 7) is 0.537. The largest absolute Gasteiger partial charge is 0.377 e. The quantitative estimate of drug-likeness (QED) is 0.469. The Balaban J connectivity index is 1.27. The number of carbonyl (C=O) groups excluding carboxylic acids is 2. The minimum absolute atomic E-state index is 0.103. The number of benzene rings is 2. The van der Waals surface area contributed by atoms with Crippen molar-refractivity contribution in [1.29, 1.82) is 0 Å². The van der Waals surface area contributed by atoms with Crippen LogP contribution in [0.15, 0.2) is 41.3 Å². The van der Waals surface area contributed by atoms with Crippen molar-refractivity contribution in [3.05, 3.63) is 57.6 Å². The van der Waals surface area contributed by atoms with Crippen molar-refractivity contribution in [2.24, 2.45) is 0 Å². The van der Waals surface area contributed by atoms with E-state index in [9.17, 15) is 28.1 Å². The van der Waals surface area contributed by atoms with Gasteiger partial charge < -0.3 is 15.5 Å². The molecule has 5 rings (SSSR count). The number of carbonyl (C=O) groups is 2. The van der Waals surface area contributed by atoms with E-state index in [0.717, 1.165) is 12.8 Å². The van der Waals surface area contributed by atoms with Gasteiger partial charge in [0.2, 0.25) is 15.9 Å². The van der Waals surface area contributed by atoms with E-state index in [0.29, 0.717) is 16.9 Å². The number of fused-ring (bicyclic) bond motifs is 1. The first-order valence-corrected chi connectivity index (χ1v) is 12.4. The van der Waals surface area contributed by atoms with Crippen molar-refractivity contribution in [3.63, 3.8) is 0 Å². The molecule has 1 aliphatic carbocycles. The summed E-state index contributed by atoms with van der Waals surface area (Å²) in [4.78, 5) is 37.1. The number of rotatable bonds is 6. The van der Waals surface area contributed by atoms with E-state index >= 15 is 0 Å². The molecular formula is C22H23N5O6S. The van der Waals surface area contributed by atoms with Crippen molar-refractivity contribution in [2.45, 2.75) is 30.2 Å². The van der Waals surface area contributed by atoms with Crippen LogP contribution in [-0.4, -0.2) is 66.6 Å². The van der Waals surface area contributed by atoms with Crippen LogP contribution in [0.4, 0.5) is 17.1 Å². The molecule has 178 valence electrons. The van der Waals surface area contributed by atoms with Gasteiger partial charge >= 0.3 is 0 Å². The third-order valence-corrected chi connectivity index (χ3v) is 8.14. The Morgan fingerprint density at radius 1 is 1.09 bits per heavy atom. The molecule has 2 heterocycles. The van der Waals surface area contributed by atoms with Crippen molar-refractivity contribution in [3.8, 4) is 0 Å². The van der Waals surface area contributed by atoms with Crippen LogP contribution >= 0.6 is 0 Å². The molecule has 0 bridgehead atoms. The highest BCUT2D eigenvalue weighted by Gasteiger charge is 2.32. The molecule has 0 aromatic heterocycles. The van der Waals surface area contributed by atoms with Crippen molar-refractivity contribution < 1.29 is 22.9 Å². The number of sulfonamides is 1. The van der Waals surface area contributed by atoms with Crippen molar-refractivity contribution in [2.75, 3.05) is 36.8 Å². The van der Waals surface area contributed by atoms with Gasteiger partial charge in [-0.2, -0.15) is 4.31 Å². The summed E-state index contributed by atoms with van der Waals surface area (Å²) in [6.07, 6.45) is 2.07. The van der Waals surface area contributed by atoms with E-state index in [4.69, 9.17) is 0 Å². The molecule has 1 saturated carbocycles. The molecule has 0 radical (unpaired) electrons. The molecule has 2 amide bonds. The Labute approximate surface area is 195 Å². The van der Waals surface area contributed by atoms with E-state index < -0.39 is 14.9 Å². The minimum Gasteiger partial charge on any atom is -0.377 e. The molecule has 2 N–H and O–H groups in total. The summed E-state index contributed by atoms with van der Waals surface area (Å²) in [7, 11) is -3.79. The number of nitro benzene ring substituents is 1. The number of anilines is 2. The average molecular weight is 486 g/mol. The predicted molar refractivity (Wildman–Crippen MR) is 123 cm³/mol. The smallest absolute Gasteiger partial charge is 0.293 e. The van der Waals surface area contributed by atoms with Crippen LogP contribution in [0.25, 0.3) is 0 Å². The topological polar surface area (TPSA) is 142 Å². The molecule has 12 heteroatoms. The molecule has 0 unspecified atom stereocenters. The SMILES string of the molecule is O=C1Cc2cc(S(=O)(=O)N3CCN(C(=O)c4ccc(NC5CC5)c([N+](=O)[O-])c4)CC3)ccc2N1. The summed E-state index contributed by atoms with van der Waals surface area (Å²) in [5.74, 6) is -0.548. The monoisotopic (exact) mass is 485 g/mol. The highest BCUT2D eigenvalue weighted by Crippen LogP contribution is 2.32. The third-order valence-electron chi connectivity index (χ3n) is 6.24. The summed E-state index contributed by atoms with van der Waals surface area (Å²) >= 11 is 0. The number of hydrogen-bond donors (Lipinski definition) is 2. The first-order valence-electron chi connectivity index (χ1n) is 11.0. The van der Waals surface area contributed by atoms with Crippen LogP contribution in [0.2, 0.25) is 0 Å². The third kappa shape index (κ3) is 4.21. The number of amides is 2. The van der Waals surface area contributed by atoms with Crippen LogP contribution in [0.3, 0.4) is 0 Å². The summed E-state index contributed by atoms with van der Waals surface area (Å²) in [5, 5.41) is 17.3. The van der Waals surface area contributed by atoms with E-state index in [1.165, 1.54) is 27.4 Å². The molecule has 11 nitrogen and oxygen atoms in total. The standard InChI is InChI=1S/C22H23N5O6S/c28-21-13-15-11-17(4-6-18(15)24-21)34(32,33)26-9-7-25(8-10-26)22(29)14-1-5-19(23-16-2-3-16)20(12-14)27(30)31/h1,4-6,11-12,16,23H,2-3,7-10,13H2,(H,24,28). The maximum absolute atomic E-state index is 13.1. The molecule has 34 heavy (non-hydrogen) atoms. The second kappa shape index (κ2) is 8.37. The number of hydrogen-bond acceptors (Lipinski definition) is 7. The Kier molecular flexibility index (Phi) is 5.48. The molecule has 1 saturated heterocycles. The Bertz CT molecular complexity index is 1300. The molecule has 3 aliphatic rings. The molecule has 2 aliphatic heterocycles. The summed E-state index contributed by atoms with van der Waals surface area (Å²) in [5.41, 5.74) is 1.70. The van der Waals surface area contributed by atoms with Gasteiger partial charge in [0, 0.05) is 49.5 Å². The Morgan fingerprint density at radius 3 is 2.50 bits per heavy atom. The Morgan fingerprint density at radius 2 is 1.82 bits per heavy atom. The van der Waals surface area contributed by atoms with Gasteiger partial charge in [0.15, 0.2) is 0 Å². The highest BCUT2D eigenvalue weighted by molar-refractivity contribution is 7.89. The van der Waals surface area contributed by atoms with Gasteiger partial charge in [0.25, 0.3) is 11.6 Å². The zero-order valence-corrected chi connectivity index (χ0v) is 19.0. The lowest BCUT2D eigenvalue weighted by atomic mass is 10.1. The number of nitrogens with zero attached hydrogens (tertiary/aromatic N) is 3. The van der Waals surface area contributed by atoms with Crippen molar-refractivity contribution >= 4 is 38.9 Å². The van der Waals surface area contributed by atoms with Crippen LogP contribution in [0, 0.1) is 10.1 Å². The molecular weight excluding hydrogens is 462 g/mol. The summed E-state index contributed by atoms with van der Waals surface area (Å²) in [6, 6.07) is 9.18. The maximum atomic E-state index is 13.1. The molecule has 2 aromatic carbocycles. The minimum atomic E-state index is -3.79. The van der Waals surface area contributed by atoms with Gasteiger partial charge in [0.1, 0.15) is 5.69 Å². The molecule has 0 atom stereocenters. The zero-order valence-electron chi connectivity index (χ0n) is 18.2. The summed E-state index contributed by atoms with van der Waals surface area (Å²) < 4.78 is 27.5. The molecule has 0 spiro atoms. The fourth-order valence-corrected chi connectivity index (χ4v) is 5.69. The van der Waals surface area contributed by atoms with Crippen LogP contribution < -0.4 is 10.6 Å². The lowest BCUT2D eigenvalue weighted by Gasteiger charge is -2.34. The lowest BCUT2D eigenvalue weighted by molar-refractivity contribution is -0.384. The van der Waals surface area contributed by atoms with Crippen LogP contribution in [0.5, 0.6) is 0 Å². The number of nitro groups is 1. The van der Waals surface area contributed by atoms with Crippen LogP contribution in [0.1, 0.15) is 28.8 Å². The highest BCUT2D eigenvalue weighted by atomic mass is 32.2. The van der Waals surface area contributed by atoms with E-state index in [2.05, 4.69) is 10.6 Å². The van der Waals surface area contributed by atoms with Crippen LogP contribution in [-0.2, 0) is 21.2 Å². The predicted octanol–water partition coefficient (Wildman–Crippen LogP) is 1.81. The molecule has 2 fully saturated rings. The van der Waals surface area contributed by atoms with E-state index in [-0.39, 0.29) is 66.6 Å². The van der Waals surface area contributed by atoms with Gasteiger partial charge in [-0.25, -0.2) is 8.42 Å². The average Bonchev–Trinajstić information content (AvgIpc) is 3.55. The number of nitrogens with one attached hydrogen (secondary N) is 2. The van der Waals surface area contributed by atoms with Gasteiger partial charge in [-0.05, 0) is 48.7 Å². The first-order chi connectivity index (χ1) is 16.2. The fraction of sp³-hybridized carbons (Fsp3) is 0.364. The second-order valence-electron chi connectivity index (χ2n) is 8.65.